The minimum absolute atomic E-state index is 0.0234. The van der Waals surface area contributed by atoms with Crippen LogP contribution in [-0.2, 0) is 4.74 Å². The highest BCUT2D eigenvalue weighted by atomic mass is 16.5. The maximum absolute atomic E-state index is 12.3. The molecule has 0 spiro atoms. The summed E-state index contributed by atoms with van der Waals surface area (Å²) in [4.78, 5) is 20.1. The number of ether oxygens (including phenoxy) is 1. The molecule has 1 aliphatic carbocycles. The van der Waals surface area contributed by atoms with Gasteiger partial charge in [0.25, 0.3) is 0 Å². The van der Waals surface area contributed by atoms with Crippen molar-refractivity contribution in [2.75, 3.05) is 7.11 Å². The molecule has 0 aromatic carbocycles. The normalized spacial score (nSPS) is 19.3. The highest BCUT2D eigenvalue weighted by Gasteiger charge is 2.40. The Morgan fingerprint density at radius 3 is 2.44 bits per heavy atom. The molecule has 1 aromatic rings. The second-order valence-corrected chi connectivity index (χ2v) is 4.22. The molecule has 0 amide bonds. The zero-order chi connectivity index (χ0) is 11.4. The highest BCUT2D eigenvalue weighted by molar-refractivity contribution is 6.02. The lowest BCUT2D eigenvalue weighted by Crippen LogP contribution is -2.42. The van der Waals surface area contributed by atoms with Crippen molar-refractivity contribution < 1.29 is 9.53 Å². The van der Waals surface area contributed by atoms with E-state index in [0.29, 0.717) is 5.56 Å². The lowest BCUT2D eigenvalue weighted by atomic mass is 9.80. The van der Waals surface area contributed by atoms with Crippen LogP contribution in [0.3, 0.4) is 0 Å². The third-order valence-corrected chi connectivity index (χ3v) is 3.29. The molecule has 86 valence electrons. The minimum Gasteiger partial charge on any atom is -0.370 e. The lowest BCUT2D eigenvalue weighted by Gasteiger charge is -2.34. The predicted octanol–water partition coefficient (Wildman–Crippen LogP) is 2.01. The zero-order valence-electron chi connectivity index (χ0n) is 9.48. The van der Waals surface area contributed by atoms with Gasteiger partial charge in [-0.25, -0.2) is 9.97 Å². The van der Waals surface area contributed by atoms with E-state index in [0.717, 1.165) is 25.7 Å². The Bertz CT molecular complexity index is 359. The topological polar surface area (TPSA) is 52.1 Å². The van der Waals surface area contributed by atoms with Crippen molar-refractivity contribution >= 4 is 5.78 Å². The summed E-state index contributed by atoms with van der Waals surface area (Å²) in [6, 6.07) is 0. The second-order valence-electron chi connectivity index (χ2n) is 4.22. The molecule has 0 bridgehead atoms. The molecule has 16 heavy (non-hydrogen) atoms. The molecule has 0 radical (unpaired) electrons. The molecule has 2 rings (SSSR count). The standard InChI is InChI=1S/C12H16N2O2/c1-16-12(5-3-2-4-6-12)11(15)10-7-13-9-14-8-10/h7-9H,2-6H2,1H3. The number of carbonyl (C=O) groups excluding carboxylic acids is 1. The van der Waals surface area contributed by atoms with Crippen LogP contribution in [0.4, 0.5) is 0 Å². The number of carbonyl (C=O) groups is 1. The number of aromatic nitrogens is 2. The molecule has 0 unspecified atom stereocenters. The summed E-state index contributed by atoms with van der Waals surface area (Å²) >= 11 is 0. The molecule has 0 saturated heterocycles. The van der Waals surface area contributed by atoms with Gasteiger partial charge in [-0.1, -0.05) is 19.3 Å². The van der Waals surface area contributed by atoms with Crippen molar-refractivity contribution in [2.45, 2.75) is 37.7 Å². The Balaban J connectivity index is 2.24. The van der Waals surface area contributed by atoms with E-state index in [1.807, 2.05) is 0 Å². The van der Waals surface area contributed by atoms with Gasteiger partial charge in [-0.2, -0.15) is 0 Å². The third-order valence-electron chi connectivity index (χ3n) is 3.29. The summed E-state index contributed by atoms with van der Waals surface area (Å²) in [7, 11) is 1.62. The van der Waals surface area contributed by atoms with Crippen LogP contribution < -0.4 is 0 Å². The van der Waals surface area contributed by atoms with E-state index >= 15 is 0 Å². The lowest BCUT2D eigenvalue weighted by molar-refractivity contribution is -0.0194. The number of rotatable bonds is 3. The first-order valence-corrected chi connectivity index (χ1v) is 5.63. The van der Waals surface area contributed by atoms with Crippen LogP contribution in [0.2, 0.25) is 0 Å². The van der Waals surface area contributed by atoms with Crippen molar-refractivity contribution in [3.05, 3.63) is 24.3 Å². The van der Waals surface area contributed by atoms with Gasteiger partial charge in [0, 0.05) is 19.5 Å². The van der Waals surface area contributed by atoms with Crippen LogP contribution in [-0.4, -0.2) is 28.5 Å². The minimum atomic E-state index is -0.636. The summed E-state index contributed by atoms with van der Waals surface area (Å²) in [5.74, 6) is 0.0234. The molecule has 4 nitrogen and oxygen atoms in total. The van der Waals surface area contributed by atoms with E-state index in [2.05, 4.69) is 9.97 Å². The van der Waals surface area contributed by atoms with Crippen molar-refractivity contribution in [1.82, 2.24) is 9.97 Å². The maximum atomic E-state index is 12.3. The molecule has 1 saturated carbocycles. The van der Waals surface area contributed by atoms with Crippen LogP contribution in [0, 0.1) is 0 Å². The predicted molar refractivity (Wildman–Crippen MR) is 59.2 cm³/mol. The van der Waals surface area contributed by atoms with Gasteiger partial charge in [-0.3, -0.25) is 4.79 Å². The average Bonchev–Trinajstić information content (AvgIpc) is 2.39. The summed E-state index contributed by atoms with van der Waals surface area (Å²) in [6.07, 6.45) is 9.44. The van der Waals surface area contributed by atoms with Crippen LogP contribution in [0.25, 0.3) is 0 Å². The molecule has 0 atom stereocenters. The molecule has 1 aromatic heterocycles. The molecular weight excluding hydrogens is 204 g/mol. The van der Waals surface area contributed by atoms with Crippen molar-refractivity contribution in [2.24, 2.45) is 0 Å². The first-order valence-electron chi connectivity index (χ1n) is 5.63. The monoisotopic (exact) mass is 220 g/mol. The number of methoxy groups -OCH3 is 1. The van der Waals surface area contributed by atoms with Gasteiger partial charge in [0.05, 0.1) is 5.56 Å². The van der Waals surface area contributed by atoms with Crippen LogP contribution in [0.1, 0.15) is 42.5 Å². The van der Waals surface area contributed by atoms with Gasteiger partial charge in [0.2, 0.25) is 0 Å². The smallest absolute Gasteiger partial charge is 0.197 e. The first-order chi connectivity index (χ1) is 7.78. The fourth-order valence-electron chi connectivity index (χ4n) is 2.33. The number of nitrogens with zero attached hydrogens (tertiary/aromatic N) is 2. The molecule has 0 N–H and O–H groups in total. The molecule has 1 heterocycles. The van der Waals surface area contributed by atoms with E-state index in [9.17, 15) is 4.79 Å². The number of ketones is 1. The van der Waals surface area contributed by atoms with Crippen LogP contribution in [0.15, 0.2) is 18.7 Å². The Labute approximate surface area is 95.1 Å². The first kappa shape index (κ1) is 11.2. The van der Waals surface area contributed by atoms with Gasteiger partial charge in [-0.05, 0) is 12.8 Å². The quantitative estimate of drug-likeness (QED) is 0.731. The fourth-order valence-corrected chi connectivity index (χ4v) is 2.33. The number of hydrogen-bond donors (Lipinski definition) is 0. The van der Waals surface area contributed by atoms with E-state index in [1.54, 1.807) is 19.5 Å². The zero-order valence-corrected chi connectivity index (χ0v) is 9.48. The SMILES string of the molecule is COC1(C(=O)c2cncnc2)CCCCC1. The van der Waals surface area contributed by atoms with Crippen molar-refractivity contribution in [1.29, 1.82) is 0 Å². The Morgan fingerprint density at radius 1 is 1.25 bits per heavy atom. The Hall–Kier alpha value is -1.29. The summed E-state index contributed by atoms with van der Waals surface area (Å²) in [6.45, 7) is 0. The maximum Gasteiger partial charge on any atom is 0.197 e. The van der Waals surface area contributed by atoms with E-state index in [1.165, 1.54) is 12.7 Å². The second kappa shape index (κ2) is 4.70. The van der Waals surface area contributed by atoms with Crippen molar-refractivity contribution in [3.8, 4) is 0 Å². The molecule has 1 fully saturated rings. The molecule has 0 aliphatic heterocycles. The Kier molecular flexibility index (Phi) is 3.29. The third kappa shape index (κ3) is 1.97. The number of hydrogen-bond acceptors (Lipinski definition) is 4. The largest absolute Gasteiger partial charge is 0.370 e. The fraction of sp³-hybridized carbons (Fsp3) is 0.583. The summed E-state index contributed by atoms with van der Waals surface area (Å²) in [5.41, 5.74) is -0.0885. The van der Waals surface area contributed by atoms with Gasteiger partial charge < -0.3 is 4.74 Å². The van der Waals surface area contributed by atoms with Gasteiger partial charge in [-0.15, -0.1) is 0 Å². The number of Topliss-reactive ketones (excluding diaryl/α,β-unsaturated/α-hetero) is 1. The Morgan fingerprint density at radius 2 is 1.88 bits per heavy atom. The van der Waals surface area contributed by atoms with Gasteiger partial charge >= 0.3 is 0 Å². The van der Waals surface area contributed by atoms with E-state index in [-0.39, 0.29) is 5.78 Å². The molecule has 4 heteroatoms. The van der Waals surface area contributed by atoms with E-state index < -0.39 is 5.60 Å². The summed E-state index contributed by atoms with van der Waals surface area (Å²) < 4.78 is 5.49. The average molecular weight is 220 g/mol. The van der Waals surface area contributed by atoms with Gasteiger partial charge in [0.1, 0.15) is 11.9 Å². The van der Waals surface area contributed by atoms with Crippen molar-refractivity contribution in [3.63, 3.8) is 0 Å². The summed E-state index contributed by atoms with van der Waals surface area (Å²) in [5, 5.41) is 0. The highest BCUT2D eigenvalue weighted by Crippen LogP contribution is 2.33. The van der Waals surface area contributed by atoms with Gasteiger partial charge in [0.15, 0.2) is 5.78 Å². The van der Waals surface area contributed by atoms with Crippen LogP contribution >= 0.6 is 0 Å². The van der Waals surface area contributed by atoms with Crippen LogP contribution in [0.5, 0.6) is 0 Å². The molecular formula is C12H16N2O2. The molecule has 1 aliphatic rings. The van der Waals surface area contributed by atoms with E-state index in [4.69, 9.17) is 4.74 Å².